The van der Waals surface area contributed by atoms with Gasteiger partial charge in [-0.2, -0.15) is 17.0 Å². The molecule has 21 heavy (non-hydrogen) atoms. The molecule has 122 valence electrons. The number of nitrogens with zero attached hydrogens (tertiary/aromatic N) is 3. The largest absolute Gasteiger partial charge is 0.469 e. The molecule has 0 radical (unpaired) electrons. The molecule has 1 aliphatic rings. The topological polar surface area (TPSA) is 87.2 Å². The minimum atomic E-state index is -3.76. The summed E-state index contributed by atoms with van der Waals surface area (Å²) in [6.45, 7) is 0.337. The van der Waals surface area contributed by atoms with E-state index in [0.29, 0.717) is 19.4 Å². The second kappa shape index (κ2) is 7.19. The third kappa shape index (κ3) is 4.14. The van der Waals surface area contributed by atoms with Gasteiger partial charge >= 0.3 is 5.97 Å². The van der Waals surface area contributed by atoms with Crippen molar-refractivity contribution in [2.45, 2.75) is 25.3 Å². The van der Waals surface area contributed by atoms with Crippen molar-refractivity contribution in [1.82, 2.24) is 13.5 Å². The number of carbonyl (C=O) groups excluding carboxylic acids is 2. The summed E-state index contributed by atoms with van der Waals surface area (Å²) in [5.74, 6) is -0.697. The predicted molar refractivity (Wildman–Crippen MR) is 76.6 cm³/mol. The number of methoxy groups -OCH3 is 1. The molecule has 0 aromatic carbocycles. The molecular formula is C12H23N3O5S. The number of rotatable bonds is 6. The first-order chi connectivity index (χ1) is 9.71. The lowest BCUT2D eigenvalue weighted by atomic mass is 10.2. The molecule has 1 rings (SSSR count). The lowest BCUT2D eigenvalue weighted by Crippen LogP contribution is -2.50. The van der Waals surface area contributed by atoms with Crippen LogP contribution in [-0.2, 0) is 24.5 Å². The number of ether oxygens (including phenoxy) is 1. The van der Waals surface area contributed by atoms with Crippen LogP contribution in [0.25, 0.3) is 0 Å². The Morgan fingerprint density at radius 2 is 1.90 bits per heavy atom. The van der Waals surface area contributed by atoms with E-state index in [2.05, 4.69) is 4.74 Å². The van der Waals surface area contributed by atoms with E-state index in [0.717, 1.165) is 4.31 Å². The molecular weight excluding hydrogens is 298 g/mol. The van der Waals surface area contributed by atoms with Gasteiger partial charge in [0.15, 0.2) is 0 Å². The minimum Gasteiger partial charge on any atom is -0.469 e. The van der Waals surface area contributed by atoms with Crippen LogP contribution < -0.4 is 0 Å². The lowest BCUT2D eigenvalue weighted by molar-refractivity contribution is -0.140. The molecule has 0 aliphatic carbocycles. The van der Waals surface area contributed by atoms with Crippen molar-refractivity contribution in [2.24, 2.45) is 0 Å². The van der Waals surface area contributed by atoms with E-state index in [1.54, 1.807) is 14.1 Å². The molecule has 0 saturated carbocycles. The number of amides is 1. The van der Waals surface area contributed by atoms with Gasteiger partial charge in [0.1, 0.15) is 6.04 Å². The summed E-state index contributed by atoms with van der Waals surface area (Å²) >= 11 is 0. The Hall–Kier alpha value is -1.19. The van der Waals surface area contributed by atoms with E-state index < -0.39 is 22.2 Å². The zero-order valence-electron chi connectivity index (χ0n) is 12.9. The van der Waals surface area contributed by atoms with Crippen molar-refractivity contribution in [2.75, 3.05) is 41.3 Å². The van der Waals surface area contributed by atoms with Crippen molar-refractivity contribution >= 4 is 22.1 Å². The molecule has 0 spiro atoms. The van der Waals surface area contributed by atoms with Crippen LogP contribution >= 0.6 is 0 Å². The van der Waals surface area contributed by atoms with Gasteiger partial charge in [0.25, 0.3) is 10.2 Å². The van der Waals surface area contributed by atoms with Gasteiger partial charge in [-0.25, -0.2) is 0 Å². The summed E-state index contributed by atoms with van der Waals surface area (Å²) < 4.78 is 31.8. The highest BCUT2D eigenvalue weighted by atomic mass is 32.2. The van der Waals surface area contributed by atoms with Crippen LogP contribution in [0.5, 0.6) is 0 Å². The molecule has 1 aliphatic heterocycles. The van der Waals surface area contributed by atoms with Crippen molar-refractivity contribution in [1.29, 1.82) is 0 Å². The van der Waals surface area contributed by atoms with E-state index in [-0.39, 0.29) is 18.9 Å². The van der Waals surface area contributed by atoms with Gasteiger partial charge in [-0.3, -0.25) is 9.59 Å². The third-order valence-corrected chi connectivity index (χ3v) is 5.48. The van der Waals surface area contributed by atoms with E-state index in [4.69, 9.17) is 0 Å². The SMILES string of the molecule is COC(=O)CCN(C)S(=O)(=O)N1CCCC1C(=O)N(C)C. The Morgan fingerprint density at radius 1 is 1.29 bits per heavy atom. The smallest absolute Gasteiger partial charge is 0.306 e. The van der Waals surface area contributed by atoms with Crippen LogP contribution in [0.4, 0.5) is 0 Å². The number of esters is 1. The second-order valence-electron chi connectivity index (χ2n) is 5.16. The van der Waals surface area contributed by atoms with Gasteiger partial charge in [-0.1, -0.05) is 0 Å². The number of likely N-dealkylation sites (N-methyl/N-ethyl adjacent to an activating group) is 1. The first-order valence-corrected chi connectivity index (χ1v) is 8.12. The van der Waals surface area contributed by atoms with Crippen LogP contribution in [-0.4, -0.2) is 81.2 Å². The van der Waals surface area contributed by atoms with E-state index >= 15 is 0 Å². The van der Waals surface area contributed by atoms with Gasteiger partial charge in [0, 0.05) is 34.2 Å². The standard InChI is InChI=1S/C12H23N3O5S/c1-13(2)12(17)10-6-5-8-15(10)21(18,19)14(3)9-7-11(16)20-4/h10H,5-9H2,1-4H3. The van der Waals surface area contributed by atoms with Gasteiger partial charge in [0.05, 0.1) is 13.5 Å². The van der Waals surface area contributed by atoms with E-state index in [9.17, 15) is 18.0 Å². The second-order valence-corrected chi connectivity index (χ2v) is 7.14. The summed E-state index contributed by atoms with van der Waals surface area (Å²) in [6, 6.07) is -0.662. The highest BCUT2D eigenvalue weighted by Crippen LogP contribution is 2.24. The zero-order chi connectivity index (χ0) is 16.2. The maximum atomic E-state index is 12.5. The van der Waals surface area contributed by atoms with Gasteiger partial charge in [0.2, 0.25) is 5.91 Å². The monoisotopic (exact) mass is 321 g/mol. The predicted octanol–water partition coefficient (Wildman–Crippen LogP) is -0.721. The summed E-state index contributed by atoms with van der Waals surface area (Å²) in [6.07, 6.45) is 1.14. The summed E-state index contributed by atoms with van der Waals surface area (Å²) in [5, 5.41) is 0. The fraction of sp³-hybridized carbons (Fsp3) is 0.833. The maximum Gasteiger partial charge on any atom is 0.306 e. The van der Waals surface area contributed by atoms with E-state index in [1.807, 2.05) is 0 Å². The fourth-order valence-corrected chi connectivity index (χ4v) is 3.76. The van der Waals surface area contributed by atoms with Gasteiger partial charge in [-0.05, 0) is 12.8 Å². The van der Waals surface area contributed by atoms with Crippen LogP contribution in [0.2, 0.25) is 0 Å². The van der Waals surface area contributed by atoms with Crippen LogP contribution in [0.15, 0.2) is 0 Å². The molecule has 1 fully saturated rings. The molecule has 1 heterocycles. The maximum absolute atomic E-state index is 12.5. The molecule has 0 N–H and O–H groups in total. The Bertz CT molecular complexity index is 491. The van der Waals surface area contributed by atoms with Gasteiger partial charge < -0.3 is 9.64 Å². The Kier molecular flexibility index (Phi) is 6.11. The average Bonchev–Trinajstić information content (AvgIpc) is 2.92. The lowest BCUT2D eigenvalue weighted by Gasteiger charge is -2.29. The molecule has 0 bridgehead atoms. The molecule has 1 atom stereocenters. The van der Waals surface area contributed by atoms with Crippen molar-refractivity contribution in [3.8, 4) is 0 Å². The Labute approximate surface area is 125 Å². The molecule has 1 amide bonds. The van der Waals surface area contributed by atoms with Crippen molar-refractivity contribution < 1.29 is 22.7 Å². The third-order valence-electron chi connectivity index (χ3n) is 3.48. The molecule has 0 aromatic heterocycles. The summed E-state index contributed by atoms with van der Waals surface area (Å²) in [4.78, 5) is 24.6. The summed E-state index contributed by atoms with van der Waals surface area (Å²) in [7, 11) is 2.10. The van der Waals surface area contributed by atoms with Gasteiger partial charge in [-0.15, -0.1) is 0 Å². The normalized spacial score (nSPS) is 19.8. The first kappa shape index (κ1) is 17.9. The quantitative estimate of drug-likeness (QED) is 0.603. The Balaban J connectivity index is 2.80. The van der Waals surface area contributed by atoms with Crippen LogP contribution in [0, 0.1) is 0 Å². The molecule has 1 saturated heterocycles. The van der Waals surface area contributed by atoms with E-state index in [1.165, 1.54) is 23.4 Å². The molecule has 9 heteroatoms. The zero-order valence-corrected chi connectivity index (χ0v) is 13.7. The highest BCUT2D eigenvalue weighted by Gasteiger charge is 2.41. The number of hydrogen-bond acceptors (Lipinski definition) is 5. The van der Waals surface area contributed by atoms with Crippen LogP contribution in [0.1, 0.15) is 19.3 Å². The van der Waals surface area contributed by atoms with Crippen molar-refractivity contribution in [3.05, 3.63) is 0 Å². The Morgan fingerprint density at radius 3 is 2.43 bits per heavy atom. The van der Waals surface area contributed by atoms with Crippen molar-refractivity contribution in [3.63, 3.8) is 0 Å². The number of hydrogen-bond donors (Lipinski definition) is 0. The molecule has 1 unspecified atom stereocenters. The summed E-state index contributed by atoms with van der Waals surface area (Å²) in [5.41, 5.74) is 0. The highest BCUT2D eigenvalue weighted by molar-refractivity contribution is 7.86. The number of carbonyl (C=O) groups is 2. The fourth-order valence-electron chi connectivity index (χ4n) is 2.21. The minimum absolute atomic E-state index is 0.0215. The van der Waals surface area contributed by atoms with Crippen LogP contribution in [0.3, 0.4) is 0 Å². The first-order valence-electron chi connectivity index (χ1n) is 6.73. The average molecular weight is 321 g/mol. The molecule has 0 aromatic rings. The molecule has 8 nitrogen and oxygen atoms in total.